The first-order valence-electron chi connectivity index (χ1n) is 5.80. The average Bonchev–Trinajstić information content (AvgIpc) is 2.42. The topological polar surface area (TPSA) is 69.6 Å². The van der Waals surface area contributed by atoms with Crippen LogP contribution in [0.4, 0.5) is 10.1 Å². The van der Waals surface area contributed by atoms with Crippen LogP contribution in [0.1, 0.15) is 10.4 Å². The van der Waals surface area contributed by atoms with Crippen molar-refractivity contribution in [3.05, 3.63) is 57.8 Å². The van der Waals surface area contributed by atoms with Crippen molar-refractivity contribution in [3.63, 3.8) is 0 Å². The lowest BCUT2D eigenvalue weighted by molar-refractivity contribution is 0.102. The Morgan fingerprint density at radius 1 is 1.10 bits per heavy atom. The van der Waals surface area contributed by atoms with E-state index in [0.29, 0.717) is 10.7 Å². The predicted octanol–water partition coefficient (Wildman–Crippen LogP) is 2.06. The summed E-state index contributed by atoms with van der Waals surface area (Å²) in [5.74, 6) is -1.45. The molecule has 8 heteroatoms. The van der Waals surface area contributed by atoms with E-state index in [0.717, 1.165) is 12.1 Å². The minimum absolute atomic E-state index is 0.0305. The molecule has 0 saturated carbocycles. The van der Waals surface area contributed by atoms with E-state index in [9.17, 15) is 9.18 Å². The molecular formula is C13H9BCl2FNO3. The van der Waals surface area contributed by atoms with Crippen molar-refractivity contribution in [2.24, 2.45) is 0 Å². The van der Waals surface area contributed by atoms with Crippen LogP contribution >= 0.6 is 23.2 Å². The van der Waals surface area contributed by atoms with E-state index in [1.165, 1.54) is 18.2 Å². The van der Waals surface area contributed by atoms with Gasteiger partial charge >= 0.3 is 7.12 Å². The van der Waals surface area contributed by atoms with Gasteiger partial charge in [0.2, 0.25) is 0 Å². The molecule has 108 valence electrons. The van der Waals surface area contributed by atoms with Gasteiger partial charge in [0.25, 0.3) is 5.91 Å². The van der Waals surface area contributed by atoms with Gasteiger partial charge in [-0.15, -0.1) is 0 Å². The van der Waals surface area contributed by atoms with Gasteiger partial charge in [-0.3, -0.25) is 4.79 Å². The summed E-state index contributed by atoms with van der Waals surface area (Å²) in [6.45, 7) is 0. The van der Waals surface area contributed by atoms with E-state index in [1.54, 1.807) is 6.07 Å². The first kappa shape index (κ1) is 15.8. The number of amides is 1. The van der Waals surface area contributed by atoms with Crippen molar-refractivity contribution < 1.29 is 19.2 Å². The van der Waals surface area contributed by atoms with Gasteiger partial charge in [-0.05, 0) is 30.3 Å². The Bertz CT molecular complexity index is 697. The molecule has 2 rings (SSSR count). The van der Waals surface area contributed by atoms with Crippen LogP contribution < -0.4 is 10.8 Å². The third kappa shape index (κ3) is 3.74. The van der Waals surface area contributed by atoms with E-state index in [4.69, 9.17) is 33.2 Å². The fraction of sp³-hybridized carbons (Fsp3) is 0. The standard InChI is InChI=1S/C13H9BCl2FNO3/c15-10-4-2-8(6-11(10)16)18-13(19)7-1-3-9(14(20)21)12(17)5-7/h1-6,20-21H,(H,18,19). The van der Waals surface area contributed by atoms with Crippen molar-refractivity contribution in [3.8, 4) is 0 Å². The Labute approximate surface area is 130 Å². The summed E-state index contributed by atoms with van der Waals surface area (Å²) in [7, 11) is -1.93. The quantitative estimate of drug-likeness (QED) is 0.756. The summed E-state index contributed by atoms with van der Waals surface area (Å²) in [6, 6.07) is 7.86. The Morgan fingerprint density at radius 2 is 1.81 bits per heavy atom. The zero-order valence-electron chi connectivity index (χ0n) is 10.5. The molecule has 0 atom stereocenters. The van der Waals surface area contributed by atoms with Crippen LogP contribution in [0, 0.1) is 5.82 Å². The highest BCUT2D eigenvalue weighted by molar-refractivity contribution is 6.58. The maximum absolute atomic E-state index is 13.6. The number of anilines is 1. The summed E-state index contributed by atoms with van der Waals surface area (Å²) < 4.78 is 13.6. The van der Waals surface area contributed by atoms with Crippen LogP contribution in [0.3, 0.4) is 0 Å². The van der Waals surface area contributed by atoms with Crippen LogP contribution in [-0.4, -0.2) is 23.1 Å². The van der Waals surface area contributed by atoms with Gasteiger partial charge in [-0.25, -0.2) is 4.39 Å². The maximum atomic E-state index is 13.6. The van der Waals surface area contributed by atoms with Crippen LogP contribution in [0.15, 0.2) is 36.4 Å². The first-order valence-corrected chi connectivity index (χ1v) is 6.56. The fourth-order valence-electron chi connectivity index (χ4n) is 1.65. The van der Waals surface area contributed by atoms with Crippen LogP contribution in [0.5, 0.6) is 0 Å². The second kappa shape index (κ2) is 6.45. The summed E-state index contributed by atoms with van der Waals surface area (Å²) in [5, 5.41) is 21.0. The molecule has 0 radical (unpaired) electrons. The lowest BCUT2D eigenvalue weighted by Crippen LogP contribution is -2.33. The van der Waals surface area contributed by atoms with E-state index in [1.807, 2.05) is 0 Å². The lowest BCUT2D eigenvalue weighted by atomic mass is 9.79. The molecule has 0 aliphatic rings. The van der Waals surface area contributed by atoms with Crippen LogP contribution in [0.25, 0.3) is 0 Å². The lowest BCUT2D eigenvalue weighted by Gasteiger charge is -2.08. The highest BCUT2D eigenvalue weighted by Gasteiger charge is 2.18. The zero-order chi connectivity index (χ0) is 15.6. The molecule has 0 heterocycles. The van der Waals surface area contributed by atoms with Crippen molar-refractivity contribution in [1.29, 1.82) is 0 Å². The molecule has 1 amide bonds. The monoisotopic (exact) mass is 327 g/mol. The molecule has 3 N–H and O–H groups in total. The normalized spacial score (nSPS) is 10.3. The molecule has 0 spiro atoms. The van der Waals surface area contributed by atoms with Crippen molar-refractivity contribution in [2.75, 3.05) is 5.32 Å². The van der Waals surface area contributed by atoms with Gasteiger partial charge in [0, 0.05) is 16.7 Å². The van der Waals surface area contributed by atoms with Gasteiger partial charge in [-0.1, -0.05) is 29.3 Å². The average molecular weight is 328 g/mol. The van der Waals surface area contributed by atoms with Gasteiger partial charge in [0.05, 0.1) is 10.0 Å². The van der Waals surface area contributed by atoms with Gasteiger partial charge in [-0.2, -0.15) is 0 Å². The van der Waals surface area contributed by atoms with E-state index in [-0.39, 0.29) is 16.0 Å². The number of nitrogens with one attached hydrogen (secondary N) is 1. The smallest absolute Gasteiger partial charge is 0.423 e. The molecule has 0 aromatic heterocycles. The molecule has 4 nitrogen and oxygen atoms in total. The molecule has 0 saturated heterocycles. The summed E-state index contributed by atoms with van der Waals surface area (Å²) in [5.41, 5.74) is 0.130. The Morgan fingerprint density at radius 3 is 2.38 bits per heavy atom. The van der Waals surface area contributed by atoms with Gasteiger partial charge < -0.3 is 15.4 Å². The van der Waals surface area contributed by atoms with E-state index in [2.05, 4.69) is 5.32 Å². The Balaban J connectivity index is 2.20. The van der Waals surface area contributed by atoms with E-state index < -0.39 is 18.8 Å². The number of rotatable bonds is 3. The third-order valence-electron chi connectivity index (χ3n) is 2.72. The predicted molar refractivity (Wildman–Crippen MR) is 80.6 cm³/mol. The van der Waals surface area contributed by atoms with Crippen molar-refractivity contribution in [1.82, 2.24) is 0 Å². The molecular weight excluding hydrogens is 319 g/mol. The number of halogens is 3. The maximum Gasteiger partial charge on any atom is 0.491 e. The minimum atomic E-state index is -1.93. The summed E-state index contributed by atoms with van der Waals surface area (Å²) in [4.78, 5) is 12.0. The number of carbonyl (C=O) groups excluding carboxylic acids is 1. The largest absolute Gasteiger partial charge is 0.491 e. The molecule has 0 aliphatic carbocycles. The van der Waals surface area contributed by atoms with Crippen molar-refractivity contribution in [2.45, 2.75) is 0 Å². The van der Waals surface area contributed by atoms with Gasteiger partial charge in [0.1, 0.15) is 5.82 Å². The molecule has 21 heavy (non-hydrogen) atoms. The Hall–Kier alpha value is -1.60. The molecule has 0 unspecified atom stereocenters. The second-order valence-corrected chi connectivity index (χ2v) is 5.01. The highest BCUT2D eigenvalue weighted by atomic mass is 35.5. The molecule has 2 aromatic carbocycles. The SMILES string of the molecule is O=C(Nc1ccc(Cl)c(Cl)c1)c1ccc(B(O)O)c(F)c1. The van der Waals surface area contributed by atoms with E-state index >= 15 is 0 Å². The fourth-order valence-corrected chi connectivity index (χ4v) is 1.95. The number of hydrogen-bond donors (Lipinski definition) is 3. The zero-order valence-corrected chi connectivity index (χ0v) is 12.0. The van der Waals surface area contributed by atoms with Crippen LogP contribution in [0.2, 0.25) is 10.0 Å². The molecule has 2 aromatic rings. The number of benzene rings is 2. The van der Waals surface area contributed by atoms with Crippen molar-refractivity contribution >= 4 is 47.4 Å². The third-order valence-corrected chi connectivity index (χ3v) is 3.46. The number of hydrogen-bond acceptors (Lipinski definition) is 3. The minimum Gasteiger partial charge on any atom is -0.423 e. The van der Waals surface area contributed by atoms with Crippen LogP contribution in [-0.2, 0) is 0 Å². The second-order valence-electron chi connectivity index (χ2n) is 4.19. The summed E-state index contributed by atoms with van der Waals surface area (Å²) >= 11 is 11.6. The molecule has 0 bridgehead atoms. The Kier molecular flexibility index (Phi) is 4.85. The molecule has 0 fully saturated rings. The highest BCUT2D eigenvalue weighted by Crippen LogP contribution is 2.25. The first-order chi connectivity index (χ1) is 9.88. The number of carbonyl (C=O) groups is 1. The molecule has 0 aliphatic heterocycles. The van der Waals surface area contributed by atoms with Gasteiger partial charge in [0.15, 0.2) is 0 Å². The summed E-state index contributed by atoms with van der Waals surface area (Å²) in [6.07, 6.45) is 0.